The maximum Gasteiger partial charge on any atom is 0.193 e. The van der Waals surface area contributed by atoms with Crippen LogP contribution in [0.5, 0.6) is 0 Å². The van der Waals surface area contributed by atoms with Crippen molar-refractivity contribution in [1.29, 1.82) is 0 Å². The molecule has 2 heterocycles. The van der Waals surface area contributed by atoms with E-state index in [0.29, 0.717) is 5.22 Å². The molecule has 0 bridgehead atoms. The van der Waals surface area contributed by atoms with Gasteiger partial charge in [0.15, 0.2) is 5.22 Å². The van der Waals surface area contributed by atoms with Gasteiger partial charge in [0.2, 0.25) is 0 Å². The lowest BCUT2D eigenvalue weighted by molar-refractivity contribution is 0.532. The van der Waals surface area contributed by atoms with E-state index in [1.165, 1.54) is 4.88 Å². The van der Waals surface area contributed by atoms with Gasteiger partial charge in [-0.3, -0.25) is 0 Å². The van der Waals surface area contributed by atoms with E-state index < -0.39 is 0 Å². The molecule has 2 rings (SSSR count). The van der Waals surface area contributed by atoms with Crippen LogP contribution in [0.4, 0.5) is 0 Å². The Morgan fingerprint density at radius 3 is 2.87 bits per heavy atom. The molecule has 15 heavy (non-hydrogen) atoms. The lowest BCUT2D eigenvalue weighted by atomic mass is 10.5. The largest absolute Gasteiger partial charge is 0.449 e. The molecule has 0 atom stereocenters. The van der Waals surface area contributed by atoms with Gasteiger partial charge in [0.1, 0.15) is 5.76 Å². The number of rotatable bonds is 4. The lowest BCUT2D eigenvalue weighted by Gasteiger charge is -1.95. The molecule has 0 saturated heterocycles. The molecule has 0 aliphatic heterocycles. The molecule has 2 aromatic heterocycles. The van der Waals surface area contributed by atoms with Crippen molar-refractivity contribution >= 4 is 50.6 Å². The average molecular weight is 324 g/mol. The smallest absolute Gasteiger partial charge is 0.193 e. The summed E-state index contributed by atoms with van der Waals surface area (Å²) in [5.41, 5.74) is 0. The third-order valence-electron chi connectivity index (χ3n) is 1.74. The van der Waals surface area contributed by atoms with Crippen molar-refractivity contribution in [3.63, 3.8) is 0 Å². The average Bonchev–Trinajstić information content (AvgIpc) is 2.76. The Balaban J connectivity index is 1.80. The normalized spacial score (nSPS) is 10.8. The summed E-state index contributed by atoms with van der Waals surface area (Å²) in [6.45, 7) is 0. The van der Waals surface area contributed by atoms with Gasteiger partial charge < -0.3 is 4.42 Å². The number of furan rings is 1. The Morgan fingerprint density at radius 2 is 2.27 bits per heavy atom. The molecule has 0 radical (unpaired) electrons. The zero-order chi connectivity index (χ0) is 10.7. The Morgan fingerprint density at radius 1 is 1.40 bits per heavy atom. The highest BCUT2D eigenvalue weighted by Crippen LogP contribution is 2.26. The Labute approximate surface area is 110 Å². The molecule has 0 unspecified atom stereocenters. The minimum absolute atomic E-state index is 0.462. The summed E-state index contributed by atoms with van der Waals surface area (Å²) in [7, 11) is 0. The van der Waals surface area contributed by atoms with Gasteiger partial charge in [-0.05, 0) is 45.7 Å². The van der Waals surface area contributed by atoms with Crippen LogP contribution in [0.25, 0.3) is 0 Å². The van der Waals surface area contributed by atoms with Crippen LogP contribution in [0.1, 0.15) is 10.6 Å². The third kappa shape index (κ3) is 3.55. The van der Waals surface area contributed by atoms with Crippen molar-refractivity contribution in [2.24, 2.45) is 0 Å². The fraction of sp³-hybridized carbons (Fsp3) is 0.200. The molecular weight excluding hydrogens is 316 g/mol. The van der Waals surface area contributed by atoms with Gasteiger partial charge in [0, 0.05) is 20.5 Å². The number of thiophene rings is 1. The van der Waals surface area contributed by atoms with Crippen molar-refractivity contribution in [2.45, 2.75) is 11.5 Å². The third-order valence-corrected chi connectivity index (χ3v) is 4.83. The van der Waals surface area contributed by atoms with Gasteiger partial charge in [-0.15, -0.1) is 23.1 Å². The summed E-state index contributed by atoms with van der Waals surface area (Å²) < 4.78 is 6.42. The molecule has 0 aliphatic carbocycles. The Bertz CT molecular complexity index is 398. The molecule has 2 aromatic rings. The highest BCUT2D eigenvalue weighted by atomic mass is 79.9. The van der Waals surface area contributed by atoms with E-state index in [1.54, 1.807) is 17.4 Å². The van der Waals surface area contributed by atoms with Crippen LogP contribution in [-0.4, -0.2) is 0 Å². The van der Waals surface area contributed by atoms with E-state index in [9.17, 15) is 0 Å². The second kappa shape index (κ2) is 5.43. The molecule has 0 aliphatic rings. The van der Waals surface area contributed by atoms with Crippen LogP contribution in [0.3, 0.4) is 0 Å². The first-order valence-corrected chi connectivity index (χ1v) is 7.49. The van der Waals surface area contributed by atoms with Gasteiger partial charge in [-0.1, -0.05) is 0 Å². The molecule has 0 saturated carbocycles. The van der Waals surface area contributed by atoms with Crippen LogP contribution in [0.15, 0.2) is 32.5 Å². The van der Waals surface area contributed by atoms with E-state index in [4.69, 9.17) is 16.0 Å². The molecule has 0 amide bonds. The molecule has 80 valence electrons. The monoisotopic (exact) mass is 322 g/mol. The minimum Gasteiger partial charge on any atom is -0.449 e. The first-order chi connectivity index (χ1) is 7.24. The van der Waals surface area contributed by atoms with Crippen molar-refractivity contribution < 1.29 is 4.42 Å². The molecule has 0 fully saturated rings. The van der Waals surface area contributed by atoms with E-state index in [2.05, 4.69) is 27.4 Å². The maximum absolute atomic E-state index is 5.68. The number of hydrogen-bond acceptors (Lipinski definition) is 3. The topological polar surface area (TPSA) is 13.1 Å². The summed E-state index contributed by atoms with van der Waals surface area (Å²) in [6, 6.07) is 5.84. The molecular formula is C10H8BrClOS2. The quantitative estimate of drug-likeness (QED) is 0.768. The van der Waals surface area contributed by atoms with E-state index >= 15 is 0 Å². The van der Waals surface area contributed by atoms with Crippen LogP contribution in [0.2, 0.25) is 5.22 Å². The minimum atomic E-state index is 0.462. The maximum atomic E-state index is 5.68. The number of thioether (sulfide) groups is 1. The predicted octanol–water partition coefficient (Wildman–Crippen LogP) is 5.19. The summed E-state index contributed by atoms with van der Waals surface area (Å²) in [6.07, 6.45) is 0. The summed E-state index contributed by atoms with van der Waals surface area (Å²) in [4.78, 5) is 1.37. The highest BCUT2D eigenvalue weighted by molar-refractivity contribution is 9.10. The molecule has 0 spiro atoms. The first-order valence-electron chi connectivity index (χ1n) is 4.29. The lowest BCUT2D eigenvalue weighted by Crippen LogP contribution is -1.76. The van der Waals surface area contributed by atoms with E-state index in [0.717, 1.165) is 21.7 Å². The number of halogens is 2. The molecule has 5 heteroatoms. The van der Waals surface area contributed by atoms with Gasteiger partial charge in [-0.25, -0.2) is 0 Å². The predicted molar refractivity (Wildman–Crippen MR) is 70.7 cm³/mol. The summed E-state index contributed by atoms with van der Waals surface area (Å²) in [5.74, 6) is 2.80. The van der Waals surface area contributed by atoms with Crippen LogP contribution in [0, 0.1) is 0 Å². The van der Waals surface area contributed by atoms with E-state index in [-0.39, 0.29) is 0 Å². The zero-order valence-corrected chi connectivity index (χ0v) is 11.7. The van der Waals surface area contributed by atoms with Gasteiger partial charge in [-0.2, -0.15) is 0 Å². The van der Waals surface area contributed by atoms with Crippen LogP contribution in [-0.2, 0) is 11.5 Å². The van der Waals surface area contributed by atoms with Gasteiger partial charge in [0.05, 0.1) is 5.75 Å². The Hall–Kier alpha value is 0.1000. The second-order valence-corrected chi connectivity index (χ2v) is 6.20. The van der Waals surface area contributed by atoms with Crippen molar-refractivity contribution in [2.75, 3.05) is 0 Å². The van der Waals surface area contributed by atoms with E-state index in [1.807, 2.05) is 17.8 Å². The van der Waals surface area contributed by atoms with Crippen molar-refractivity contribution in [3.8, 4) is 0 Å². The molecule has 0 N–H and O–H groups in total. The Kier molecular flexibility index (Phi) is 4.20. The number of hydrogen-bond donors (Lipinski definition) is 0. The van der Waals surface area contributed by atoms with Gasteiger partial charge >= 0.3 is 0 Å². The van der Waals surface area contributed by atoms with Crippen LogP contribution >= 0.6 is 50.6 Å². The zero-order valence-electron chi connectivity index (χ0n) is 7.70. The SMILES string of the molecule is Clc1ccc(CSCc2cc(Br)cs2)o1. The van der Waals surface area contributed by atoms with Crippen LogP contribution < -0.4 is 0 Å². The fourth-order valence-corrected chi connectivity index (χ4v) is 3.77. The summed E-state index contributed by atoms with van der Waals surface area (Å²) >= 11 is 12.7. The standard InChI is InChI=1S/C10H8BrClOS2/c11-7-3-9(15-4-7)6-14-5-8-1-2-10(12)13-8/h1-4H,5-6H2. The van der Waals surface area contributed by atoms with Gasteiger partial charge in [0.25, 0.3) is 0 Å². The summed E-state index contributed by atoms with van der Waals surface area (Å²) in [5, 5.41) is 2.56. The molecule has 0 aromatic carbocycles. The fourth-order valence-electron chi connectivity index (χ4n) is 1.11. The highest BCUT2D eigenvalue weighted by Gasteiger charge is 2.01. The van der Waals surface area contributed by atoms with Crippen molar-refractivity contribution in [1.82, 2.24) is 0 Å². The van der Waals surface area contributed by atoms with Crippen molar-refractivity contribution in [3.05, 3.63) is 43.9 Å². The molecule has 1 nitrogen and oxygen atoms in total. The first kappa shape index (κ1) is 11.6. The second-order valence-electron chi connectivity index (χ2n) is 2.93.